The van der Waals surface area contributed by atoms with E-state index in [1.54, 1.807) is 23.5 Å². The zero-order valence-electron chi connectivity index (χ0n) is 17.2. The molecule has 0 spiro atoms. The molecule has 0 aliphatic carbocycles. The van der Waals surface area contributed by atoms with Crippen molar-refractivity contribution in [3.8, 4) is 11.5 Å². The van der Waals surface area contributed by atoms with E-state index in [0.717, 1.165) is 27.8 Å². The third kappa shape index (κ3) is 4.78. The predicted octanol–water partition coefficient (Wildman–Crippen LogP) is 4.81. The third-order valence-corrected chi connectivity index (χ3v) is 7.46. The second-order valence-corrected chi connectivity index (χ2v) is 9.51. The van der Waals surface area contributed by atoms with Gasteiger partial charge < -0.3 is 14.6 Å². The van der Waals surface area contributed by atoms with Crippen molar-refractivity contribution in [1.29, 1.82) is 0 Å². The summed E-state index contributed by atoms with van der Waals surface area (Å²) >= 11 is 4.31. The Kier molecular flexibility index (Phi) is 6.35. The number of furan rings is 1. The lowest BCUT2D eigenvalue weighted by atomic mass is 10.3. The minimum atomic E-state index is -0.203. The highest BCUT2D eigenvalue weighted by molar-refractivity contribution is 7.29. The van der Waals surface area contributed by atoms with E-state index in [0.29, 0.717) is 33.8 Å². The zero-order valence-corrected chi connectivity index (χ0v) is 19.7. The number of hydrogen-bond donors (Lipinski definition) is 2. The second kappa shape index (κ2) is 9.16. The standard InChI is InChI=1S/C20H21N5O3S3/c1-4-25(5-2)20-24-18-16(31-20)8-15(30-18)17(27)23-19-22-13(10-29-19)14-7-6-12(28-14)9-21-11(3)26/h6-8,10H,4-5,9H2,1-3H3,(H,21,26)(H,22,23,27). The number of anilines is 2. The molecule has 0 fully saturated rings. The number of fused-ring (bicyclic) bond motifs is 1. The summed E-state index contributed by atoms with van der Waals surface area (Å²) in [5.41, 5.74) is 0.632. The molecule has 0 aliphatic heterocycles. The van der Waals surface area contributed by atoms with Crippen LogP contribution in [0.3, 0.4) is 0 Å². The predicted molar refractivity (Wildman–Crippen MR) is 126 cm³/mol. The molecule has 162 valence electrons. The minimum absolute atomic E-state index is 0.121. The Bertz CT molecular complexity index is 1190. The lowest BCUT2D eigenvalue weighted by Gasteiger charge is -2.16. The number of nitrogens with one attached hydrogen (secondary N) is 2. The summed E-state index contributed by atoms with van der Waals surface area (Å²) in [5.74, 6) is 0.900. The van der Waals surface area contributed by atoms with Crippen molar-refractivity contribution in [1.82, 2.24) is 15.3 Å². The van der Waals surface area contributed by atoms with E-state index >= 15 is 0 Å². The summed E-state index contributed by atoms with van der Waals surface area (Å²) in [5, 5.41) is 8.84. The van der Waals surface area contributed by atoms with Crippen LogP contribution in [0.4, 0.5) is 10.3 Å². The zero-order chi connectivity index (χ0) is 22.0. The lowest BCUT2D eigenvalue weighted by Crippen LogP contribution is -2.21. The fourth-order valence-electron chi connectivity index (χ4n) is 2.89. The molecule has 2 N–H and O–H groups in total. The number of aromatic nitrogens is 2. The Morgan fingerprint density at radius 3 is 2.68 bits per heavy atom. The molecule has 4 rings (SSSR count). The van der Waals surface area contributed by atoms with Gasteiger partial charge in [0.2, 0.25) is 5.91 Å². The molecular formula is C20H21N5O3S3. The molecular weight excluding hydrogens is 454 g/mol. The van der Waals surface area contributed by atoms with Gasteiger partial charge in [0.05, 0.1) is 16.1 Å². The average Bonchev–Trinajstić information content (AvgIpc) is 3.50. The molecule has 0 atom stereocenters. The second-order valence-electron chi connectivity index (χ2n) is 6.62. The van der Waals surface area contributed by atoms with Crippen LogP contribution in [0.15, 0.2) is 28.0 Å². The molecule has 0 unspecified atom stereocenters. The van der Waals surface area contributed by atoms with Crippen molar-refractivity contribution >= 4 is 65.6 Å². The van der Waals surface area contributed by atoms with Crippen LogP contribution in [0.25, 0.3) is 21.0 Å². The third-order valence-electron chi connectivity index (χ3n) is 4.49. The van der Waals surface area contributed by atoms with Crippen molar-refractivity contribution in [2.24, 2.45) is 0 Å². The van der Waals surface area contributed by atoms with E-state index in [9.17, 15) is 9.59 Å². The number of carbonyl (C=O) groups is 2. The Labute approximate surface area is 190 Å². The molecule has 11 heteroatoms. The molecule has 8 nitrogen and oxygen atoms in total. The highest BCUT2D eigenvalue weighted by atomic mass is 32.1. The number of thiazole rings is 2. The summed E-state index contributed by atoms with van der Waals surface area (Å²) in [7, 11) is 0. The highest BCUT2D eigenvalue weighted by Gasteiger charge is 2.18. The van der Waals surface area contributed by atoms with Crippen LogP contribution in [-0.4, -0.2) is 34.9 Å². The van der Waals surface area contributed by atoms with Crippen molar-refractivity contribution in [2.45, 2.75) is 27.3 Å². The number of thiophene rings is 1. The van der Waals surface area contributed by atoms with Gasteiger partial charge in [-0.05, 0) is 32.0 Å². The van der Waals surface area contributed by atoms with E-state index in [2.05, 4.69) is 39.3 Å². The number of hydrogen-bond acceptors (Lipinski definition) is 9. The van der Waals surface area contributed by atoms with Gasteiger partial charge in [-0.3, -0.25) is 14.9 Å². The fourth-order valence-corrected chi connectivity index (χ4v) is 5.82. The van der Waals surface area contributed by atoms with Gasteiger partial charge in [-0.2, -0.15) is 0 Å². The maximum absolute atomic E-state index is 12.7. The molecule has 31 heavy (non-hydrogen) atoms. The average molecular weight is 476 g/mol. The van der Waals surface area contributed by atoms with Crippen LogP contribution in [0.2, 0.25) is 0 Å². The van der Waals surface area contributed by atoms with E-state index in [-0.39, 0.29) is 11.8 Å². The van der Waals surface area contributed by atoms with Gasteiger partial charge in [-0.25, -0.2) is 9.97 Å². The Morgan fingerprint density at radius 1 is 1.16 bits per heavy atom. The summed E-state index contributed by atoms with van der Waals surface area (Å²) in [6.07, 6.45) is 0. The smallest absolute Gasteiger partial charge is 0.267 e. The minimum Gasteiger partial charge on any atom is -0.458 e. The lowest BCUT2D eigenvalue weighted by molar-refractivity contribution is -0.119. The maximum Gasteiger partial charge on any atom is 0.267 e. The molecule has 4 aromatic heterocycles. The molecule has 4 aromatic rings. The first-order chi connectivity index (χ1) is 15.0. The van der Waals surface area contributed by atoms with Crippen LogP contribution in [0, 0.1) is 0 Å². The normalized spacial score (nSPS) is 11.1. The van der Waals surface area contributed by atoms with Gasteiger partial charge in [-0.1, -0.05) is 11.3 Å². The van der Waals surface area contributed by atoms with Crippen molar-refractivity contribution in [3.05, 3.63) is 34.2 Å². The summed E-state index contributed by atoms with van der Waals surface area (Å²) < 4.78 is 6.72. The number of rotatable bonds is 8. The quantitative estimate of drug-likeness (QED) is 0.379. The van der Waals surface area contributed by atoms with Gasteiger partial charge in [0, 0.05) is 25.4 Å². The number of carbonyl (C=O) groups excluding carboxylic acids is 2. The Morgan fingerprint density at radius 2 is 1.97 bits per heavy atom. The first kappa shape index (κ1) is 21.5. The summed E-state index contributed by atoms with van der Waals surface area (Å²) in [4.78, 5) is 36.5. The van der Waals surface area contributed by atoms with E-state index in [1.165, 1.54) is 29.6 Å². The van der Waals surface area contributed by atoms with Crippen LogP contribution < -0.4 is 15.5 Å². The monoisotopic (exact) mass is 475 g/mol. The first-order valence-electron chi connectivity index (χ1n) is 9.72. The summed E-state index contributed by atoms with van der Waals surface area (Å²) in [6.45, 7) is 7.79. The SMILES string of the molecule is CCN(CC)c1nc2sc(C(=O)Nc3nc(-c4ccc(CNC(C)=O)o4)cs3)cc2s1. The highest BCUT2D eigenvalue weighted by Crippen LogP contribution is 2.35. The number of amides is 2. The Hall–Kier alpha value is -2.76. The summed E-state index contributed by atoms with van der Waals surface area (Å²) in [6, 6.07) is 5.47. The van der Waals surface area contributed by atoms with Crippen LogP contribution in [0.1, 0.15) is 36.2 Å². The van der Waals surface area contributed by atoms with E-state index < -0.39 is 0 Å². The van der Waals surface area contributed by atoms with E-state index in [4.69, 9.17) is 4.42 Å². The van der Waals surface area contributed by atoms with Crippen LogP contribution in [-0.2, 0) is 11.3 Å². The van der Waals surface area contributed by atoms with E-state index in [1.807, 2.05) is 11.4 Å². The van der Waals surface area contributed by atoms with Gasteiger partial charge in [-0.15, -0.1) is 22.7 Å². The van der Waals surface area contributed by atoms with Crippen molar-refractivity contribution in [3.63, 3.8) is 0 Å². The van der Waals surface area contributed by atoms with Gasteiger partial charge >= 0.3 is 0 Å². The van der Waals surface area contributed by atoms with Crippen LogP contribution in [0.5, 0.6) is 0 Å². The number of nitrogens with zero attached hydrogens (tertiary/aromatic N) is 3. The molecule has 0 radical (unpaired) electrons. The van der Waals surface area contributed by atoms with Gasteiger partial charge in [0.25, 0.3) is 5.91 Å². The molecule has 0 saturated heterocycles. The topological polar surface area (TPSA) is 100 Å². The fraction of sp³-hybridized carbons (Fsp3) is 0.300. The molecule has 2 amide bonds. The van der Waals surface area contributed by atoms with Crippen molar-refractivity contribution < 1.29 is 14.0 Å². The molecule has 0 aliphatic rings. The van der Waals surface area contributed by atoms with Crippen LogP contribution >= 0.6 is 34.0 Å². The largest absolute Gasteiger partial charge is 0.458 e. The molecule has 0 aromatic carbocycles. The molecule has 4 heterocycles. The van der Waals surface area contributed by atoms with Crippen molar-refractivity contribution in [2.75, 3.05) is 23.3 Å². The maximum atomic E-state index is 12.7. The Balaban J connectivity index is 1.43. The molecule has 0 saturated carbocycles. The van der Waals surface area contributed by atoms with Gasteiger partial charge in [0.15, 0.2) is 16.0 Å². The first-order valence-corrected chi connectivity index (χ1v) is 12.2. The van der Waals surface area contributed by atoms with Gasteiger partial charge in [0.1, 0.15) is 16.3 Å². The molecule has 0 bridgehead atoms.